The van der Waals surface area contributed by atoms with E-state index in [-0.39, 0.29) is 41.5 Å². The zero-order valence-corrected chi connectivity index (χ0v) is 20.3. The minimum atomic E-state index is -0.787. The maximum Gasteiger partial charge on any atom is 0.271 e. The molecule has 1 fully saturated rings. The van der Waals surface area contributed by atoms with Crippen LogP contribution in [0.1, 0.15) is 31.2 Å². The molecule has 0 saturated carbocycles. The highest BCUT2D eigenvalue weighted by Gasteiger charge is 2.56. The molecule has 1 N–H and O–H groups in total. The van der Waals surface area contributed by atoms with Crippen LogP contribution < -0.4 is 4.90 Å². The molecule has 2 aromatic rings. The molecule has 1 aliphatic heterocycles. The number of amides is 2. The van der Waals surface area contributed by atoms with Crippen LogP contribution >= 0.6 is 0 Å². The number of rotatable bonds is 3. The Morgan fingerprint density at radius 2 is 1.76 bits per heavy atom. The number of nitrogens with zero attached hydrogens (tertiary/aromatic N) is 2. The first kappa shape index (κ1) is 23.7. The first-order valence-electron chi connectivity index (χ1n) is 12.3. The zero-order valence-electron chi connectivity index (χ0n) is 20.3. The Balaban J connectivity index is 1.47. The molecular formula is C29H22N2O7. The lowest BCUT2D eigenvalue weighted by molar-refractivity contribution is -0.384. The maximum atomic E-state index is 13.8. The molecule has 3 aliphatic carbocycles. The van der Waals surface area contributed by atoms with E-state index in [1.807, 2.05) is 6.08 Å². The van der Waals surface area contributed by atoms with Crippen LogP contribution in [0, 0.1) is 27.9 Å². The summed E-state index contributed by atoms with van der Waals surface area (Å²) in [7, 11) is 0. The Bertz CT molecular complexity index is 1580. The monoisotopic (exact) mass is 510 g/mol. The molecule has 4 aliphatic rings. The number of nitro benzene ring substituents is 1. The van der Waals surface area contributed by atoms with Gasteiger partial charge in [-0.2, -0.15) is 0 Å². The number of phenolic OH excluding ortho intramolecular Hbond substituents is 1. The number of fused-ring (bicyclic) bond motifs is 3. The number of hydrogen-bond donors (Lipinski definition) is 1. The second-order valence-electron chi connectivity index (χ2n) is 10.1. The predicted octanol–water partition coefficient (Wildman–Crippen LogP) is 3.93. The van der Waals surface area contributed by atoms with E-state index in [0.717, 1.165) is 10.5 Å². The molecule has 38 heavy (non-hydrogen) atoms. The molecule has 1 saturated heterocycles. The fourth-order valence-corrected chi connectivity index (χ4v) is 6.47. The second kappa shape index (κ2) is 8.44. The zero-order chi connectivity index (χ0) is 26.9. The molecule has 0 unspecified atom stereocenters. The van der Waals surface area contributed by atoms with E-state index in [9.17, 15) is 34.4 Å². The Hall–Kier alpha value is -4.66. The van der Waals surface area contributed by atoms with Crippen molar-refractivity contribution in [3.8, 4) is 5.75 Å². The average molecular weight is 511 g/mol. The Labute approximate surface area is 216 Å². The summed E-state index contributed by atoms with van der Waals surface area (Å²) < 4.78 is 0. The van der Waals surface area contributed by atoms with Gasteiger partial charge in [0.1, 0.15) is 5.75 Å². The molecule has 0 spiro atoms. The quantitative estimate of drug-likeness (QED) is 0.217. The van der Waals surface area contributed by atoms with Crippen molar-refractivity contribution < 1.29 is 29.2 Å². The van der Waals surface area contributed by atoms with Gasteiger partial charge in [0.05, 0.1) is 22.4 Å². The van der Waals surface area contributed by atoms with E-state index >= 15 is 0 Å². The summed E-state index contributed by atoms with van der Waals surface area (Å²) in [5.74, 6) is -4.10. The van der Waals surface area contributed by atoms with Crippen molar-refractivity contribution in [3.05, 3.63) is 98.7 Å². The fraction of sp³-hybridized carbons (Fsp3) is 0.241. The second-order valence-corrected chi connectivity index (χ2v) is 10.1. The van der Waals surface area contributed by atoms with Crippen molar-refractivity contribution in [1.29, 1.82) is 0 Å². The first-order valence-corrected chi connectivity index (χ1v) is 12.3. The van der Waals surface area contributed by atoms with Crippen LogP contribution in [0.4, 0.5) is 11.4 Å². The van der Waals surface area contributed by atoms with Crippen LogP contribution in [0.25, 0.3) is 0 Å². The van der Waals surface area contributed by atoms with Crippen LogP contribution in [-0.2, 0) is 19.2 Å². The number of anilines is 1. The number of nitro groups is 1. The number of phenols is 1. The minimum absolute atomic E-state index is 0.00587. The van der Waals surface area contributed by atoms with Crippen molar-refractivity contribution in [3.63, 3.8) is 0 Å². The number of non-ortho nitro benzene ring substituents is 1. The lowest BCUT2D eigenvalue weighted by Gasteiger charge is -2.42. The summed E-state index contributed by atoms with van der Waals surface area (Å²) in [6, 6.07) is 11.9. The van der Waals surface area contributed by atoms with Gasteiger partial charge in [-0.3, -0.25) is 29.3 Å². The van der Waals surface area contributed by atoms with E-state index in [2.05, 4.69) is 0 Å². The lowest BCUT2D eigenvalue weighted by atomic mass is 9.59. The van der Waals surface area contributed by atoms with E-state index in [0.29, 0.717) is 22.3 Å². The van der Waals surface area contributed by atoms with Crippen molar-refractivity contribution >= 4 is 34.8 Å². The van der Waals surface area contributed by atoms with Gasteiger partial charge in [0, 0.05) is 34.8 Å². The molecule has 1 heterocycles. The van der Waals surface area contributed by atoms with Gasteiger partial charge in [-0.25, -0.2) is 4.90 Å². The number of carbonyl (C=O) groups is 4. The Morgan fingerprint density at radius 3 is 2.50 bits per heavy atom. The number of carbonyl (C=O) groups excluding carboxylic acids is 4. The Kier molecular flexibility index (Phi) is 5.27. The summed E-state index contributed by atoms with van der Waals surface area (Å²) in [5.41, 5.74) is 2.28. The SMILES string of the molecule is CC1=CC(=O)C2=C(C[C@@H]3C(=CC[C@@H]4C(=O)N(c5cccc([N+](=O)[O-])c5)C(=O)[C@@H]43)[C@@H]2c2cccc(O)c2)C1=O. The number of imide groups is 1. The summed E-state index contributed by atoms with van der Waals surface area (Å²) in [5, 5.41) is 21.5. The number of allylic oxidation sites excluding steroid dienone is 6. The van der Waals surface area contributed by atoms with Crippen LogP contribution in [0.15, 0.2) is 83.0 Å². The largest absolute Gasteiger partial charge is 0.508 e. The minimum Gasteiger partial charge on any atom is -0.508 e. The number of hydrogen-bond acceptors (Lipinski definition) is 7. The Morgan fingerprint density at radius 1 is 1.00 bits per heavy atom. The van der Waals surface area contributed by atoms with Crippen LogP contribution in [-0.4, -0.2) is 33.4 Å². The maximum absolute atomic E-state index is 13.8. The van der Waals surface area contributed by atoms with Gasteiger partial charge < -0.3 is 5.11 Å². The fourth-order valence-electron chi connectivity index (χ4n) is 6.47. The van der Waals surface area contributed by atoms with Gasteiger partial charge >= 0.3 is 0 Å². The summed E-state index contributed by atoms with van der Waals surface area (Å²) in [4.78, 5) is 65.6. The summed E-state index contributed by atoms with van der Waals surface area (Å²) in [6.07, 6.45) is 3.60. The molecule has 0 radical (unpaired) electrons. The molecule has 4 atom stereocenters. The summed E-state index contributed by atoms with van der Waals surface area (Å²) in [6.45, 7) is 1.58. The van der Waals surface area contributed by atoms with Gasteiger partial charge in [0.15, 0.2) is 11.6 Å². The smallest absolute Gasteiger partial charge is 0.271 e. The lowest BCUT2D eigenvalue weighted by Crippen LogP contribution is -2.39. The van der Waals surface area contributed by atoms with Gasteiger partial charge in [-0.05, 0) is 55.5 Å². The average Bonchev–Trinajstić information content (AvgIpc) is 3.15. The van der Waals surface area contributed by atoms with Crippen LogP contribution in [0.3, 0.4) is 0 Å². The van der Waals surface area contributed by atoms with E-state index in [4.69, 9.17) is 0 Å². The number of ketones is 2. The first-order chi connectivity index (χ1) is 18.2. The summed E-state index contributed by atoms with van der Waals surface area (Å²) >= 11 is 0. The van der Waals surface area contributed by atoms with E-state index < -0.39 is 40.4 Å². The van der Waals surface area contributed by atoms with Crippen molar-refractivity contribution in [2.75, 3.05) is 4.90 Å². The molecule has 9 nitrogen and oxygen atoms in total. The van der Waals surface area contributed by atoms with Gasteiger partial charge in [0.25, 0.3) is 5.69 Å². The standard InChI is InChI=1S/C29H22N2O7/c1-14-10-23(33)26-22(27(14)34)13-21-19(24(26)15-4-2-7-18(32)11-15)8-9-20-25(21)29(36)30(28(20)35)16-5-3-6-17(12-16)31(37)38/h2-8,10-12,20-21,24-25,32H,9,13H2,1H3/t20-,21+,24-,25-/m0/s1. The third-order valence-corrected chi connectivity index (χ3v) is 8.06. The van der Waals surface area contributed by atoms with Crippen molar-refractivity contribution in [2.24, 2.45) is 17.8 Å². The molecular weight excluding hydrogens is 488 g/mol. The van der Waals surface area contributed by atoms with Gasteiger partial charge in [0.2, 0.25) is 11.8 Å². The molecule has 190 valence electrons. The predicted molar refractivity (Wildman–Crippen MR) is 135 cm³/mol. The molecule has 2 amide bonds. The molecule has 0 aromatic heterocycles. The van der Waals surface area contributed by atoms with E-state index in [1.165, 1.54) is 36.4 Å². The highest BCUT2D eigenvalue weighted by molar-refractivity contribution is 6.25. The number of benzene rings is 2. The number of aromatic hydroxyl groups is 1. The van der Waals surface area contributed by atoms with Crippen molar-refractivity contribution in [2.45, 2.75) is 25.7 Å². The molecule has 0 bridgehead atoms. The molecule has 9 heteroatoms. The van der Waals surface area contributed by atoms with Crippen LogP contribution in [0.5, 0.6) is 5.75 Å². The molecule has 6 rings (SSSR count). The van der Waals surface area contributed by atoms with Gasteiger partial charge in [-0.1, -0.05) is 29.8 Å². The normalized spacial score (nSPS) is 26.5. The molecule has 2 aromatic carbocycles. The number of Topliss-reactive ketones (excluding diaryl/α,β-unsaturated/α-hetero) is 1. The third-order valence-electron chi connectivity index (χ3n) is 8.06. The van der Waals surface area contributed by atoms with Gasteiger partial charge in [-0.15, -0.1) is 0 Å². The highest BCUT2D eigenvalue weighted by atomic mass is 16.6. The topological polar surface area (TPSA) is 135 Å². The van der Waals surface area contributed by atoms with Crippen LogP contribution in [0.2, 0.25) is 0 Å². The highest BCUT2D eigenvalue weighted by Crippen LogP contribution is 2.55. The van der Waals surface area contributed by atoms with E-state index in [1.54, 1.807) is 25.1 Å². The third kappa shape index (κ3) is 3.38. The van der Waals surface area contributed by atoms with Crippen molar-refractivity contribution in [1.82, 2.24) is 0 Å².